The van der Waals surface area contributed by atoms with Crippen LogP contribution in [0.15, 0.2) is 71.6 Å². The molecule has 0 bridgehead atoms. The summed E-state index contributed by atoms with van der Waals surface area (Å²) >= 11 is 0. The summed E-state index contributed by atoms with van der Waals surface area (Å²) in [6.07, 6.45) is -4.52. The first-order valence-electron chi connectivity index (χ1n) is 9.96. The second kappa shape index (κ2) is 10.0. The summed E-state index contributed by atoms with van der Waals surface area (Å²) in [7, 11) is -2.82. The number of hydrogen-bond donors (Lipinski definition) is 2. The quantitative estimate of drug-likeness (QED) is 0.451. The Morgan fingerprint density at radius 2 is 1.56 bits per heavy atom. The van der Waals surface area contributed by atoms with Gasteiger partial charge in [0.25, 0.3) is 15.9 Å². The number of hydrogen-bond acceptors (Lipinski definition) is 5. The highest BCUT2D eigenvalue weighted by Crippen LogP contribution is 2.31. The molecular weight excluding hydrogens is 473 g/mol. The van der Waals surface area contributed by atoms with Gasteiger partial charge < -0.3 is 14.8 Å². The minimum atomic E-state index is -4.52. The lowest BCUT2D eigenvalue weighted by atomic mass is 10.1. The maximum Gasteiger partial charge on any atom is 0.416 e. The number of carbonyl (C=O) groups excluding carboxylic acids is 1. The fraction of sp³-hybridized carbons (Fsp3) is 0.174. The normalized spacial score (nSPS) is 11.6. The largest absolute Gasteiger partial charge is 0.495 e. The van der Waals surface area contributed by atoms with Crippen LogP contribution in [0.1, 0.15) is 22.8 Å². The van der Waals surface area contributed by atoms with Crippen LogP contribution in [-0.4, -0.2) is 28.0 Å². The molecule has 34 heavy (non-hydrogen) atoms. The van der Waals surface area contributed by atoms with Crippen molar-refractivity contribution in [1.82, 2.24) is 0 Å². The molecule has 11 heteroatoms. The van der Waals surface area contributed by atoms with E-state index >= 15 is 0 Å². The van der Waals surface area contributed by atoms with Crippen molar-refractivity contribution in [1.29, 1.82) is 0 Å². The molecule has 0 aliphatic heterocycles. The van der Waals surface area contributed by atoms with E-state index in [-0.39, 0.29) is 27.6 Å². The van der Waals surface area contributed by atoms with Crippen molar-refractivity contribution >= 4 is 27.3 Å². The number of carbonyl (C=O) groups is 1. The lowest BCUT2D eigenvalue weighted by molar-refractivity contribution is -0.137. The summed E-state index contributed by atoms with van der Waals surface area (Å²) in [4.78, 5) is 12.2. The van der Waals surface area contributed by atoms with Crippen LogP contribution >= 0.6 is 0 Å². The Kier molecular flexibility index (Phi) is 7.35. The number of nitrogens with one attached hydrogen (secondary N) is 2. The second-order valence-electron chi connectivity index (χ2n) is 6.96. The maximum absolute atomic E-state index is 13.0. The molecular formula is C23H21F3N2O5S. The third-order valence-electron chi connectivity index (χ3n) is 4.60. The molecule has 3 aromatic rings. The van der Waals surface area contributed by atoms with Crippen molar-refractivity contribution < 1.29 is 35.9 Å². The van der Waals surface area contributed by atoms with Crippen LogP contribution in [0.2, 0.25) is 0 Å². The topological polar surface area (TPSA) is 93.7 Å². The van der Waals surface area contributed by atoms with Crippen LogP contribution in [-0.2, 0) is 16.2 Å². The molecule has 0 spiro atoms. The fourth-order valence-electron chi connectivity index (χ4n) is 2.97. The first kappa shape index (κ1) is 24.9. The Bertz CT molecular complexity index is 1260. The van der Waals surface area contributed by atoms with E-state index in [0.29, 0.717) is 12.4 Å². The summed E-state index contributed by atoms with van der Waals surface area (Å²) in [5.74, 6) is -0.0938. The number of sulfonamides is 1. The zero-order valence-electron chi connectivity index (χ0n) is 18.1. The highest BCUT2D eigenvalue weighted by Gasteiger charge is 2.30. The fourth-order valence-corrected chi connectivity index (χ4v) is 4.23. The van der Waals surface area contributed by atoms with Crippen LogP contribution in [0.4, 0.5) is 24.5 Å². The van der Waals surface area contributed by atoms with E-state index in [9.17, 15) is 26.4 Å². The first-order valence-corrected chi connectivity index (χ1v) is 11.4. The Morgan fingerprint density at radius 1 is 0.941 bits per heavy atom. The summed E-state index contributed by atoms with van der Waals surface area (Å²) in [6, 6.07) is 13.9. The molecule has 0 saturated carbocycles. The van der Waals surface area contributed by atoms with E-state index in [1.807, 2.05) is 6.92 Å². The number of rotatable bonds is 8. The second-order valence-corrected chi connectivity index (χ2v) is 8.61. The smallest absolute Gasteiger partial charge is 0.416 e. The van der Waals surface area contributed by atoms with Gasteiger partial charge in [-0.05, 0) is 73.7 Å². The van der Waals surface area contributed by atoms with Crippen LogP contribution in [0.3, 0.4) is 0 Å². The monoisotopic (exact) mass is 494 g/mol. The van der Waals surface area contributed by atoms with Crippen LogP contribution in [0, 0.1) is 0 Å². The summed E-state index contributed by atoms with van der Waals surface area (Å²) < 4.78 is 77.1. The SMILES string of the molecule is CCOc1ccc(NS(=O)(=O)c2cc(NC(=O)c3ccc(C(F)(F)F)cc3)ccc2OC)cc1. The van der Waals surface area contributed by atoms with Crippen molar-refractivity contribution in [3.05, 3.63) is 77.9 Å². The Hall–Kier alpha value is -3.73. The number of benzene rings is 3. The zero-order chi connectivity index (χ0) is 24.9. The summed E-state index contributed by atoms with van der Waals surface area (Å²) in [5.41, 5.74) is -0.523. The summed E-state index contributed by atoms with van der Waals surface area (Å²) in [5, 5.41) is 2.48. The molecule has 0 aliphatic rings. The van der Waals surface area contributed by atoms with Gasteiger partial charge in [0.2, 0.25) is 0 Å². The van der Waals surface area contributed by atoms with Gasteiger partial charge in [-0.25, -0.2) is 8.42 Å². The van der Waals surface area contributed by atoms with Gasteiger partial charge in [-0.2, -0.15) is 13.2 Å². The molecule has 7 nitrogen and oxygen atoms in total. The molecule has 0 fully saturated rings. The molecule has 2 N–H and O–H groups in total. The highest BCUT2D eigenvalue weighted by atomic mass is 32.2. The van der Waals surface area contributed by atoms with Gasteiger partial charge in [0.15, 0.2) is 0 Å². The predicted octanol–water partition coefficient (Wildman–Crippen LogP) is 5.17. The van der Waals surface area contributed by atoms with Gasteiger partial charge in [0.05, 0.1) is 19.3 Å². The maximum atomic E-state index is 13.0. The number of methoxy groups -OCH3 is 1. The lowest BCUT2D eigenvalue weighted by Crippen LogP contribution is -2.16. The van der Waals surface area contributed by atoms with E-state index in [0.717, 1.165) is 24.3 Å². The number of halogens is 3. The van der Waals surface area contributed by atoms with Crippen LogP contribution < -0.4 is 19.5 Å². The third-order valence-corrected chi connectivity index (χ3v) is 6.01. The third kappa shape index (κ3) is 5.98. The summed E-state index contributed by atoms with van der Waals surface area (Å²) in [6.45, 7) is 2.29. The van der Waals surface area contributed by atoms with E-state index in [4.69, 9.17) is 9.47 Å². The number of alkyl halides is 3. The Labute approximate surface area is 194 Å². The van der Waals surface area contributed by atoms with Gasteiger partial charge in [-0.15, -0.1) is 0 Å². The van der Waals surface area contributed by atoms with Crippen molar-refractivity contribution in [3.63, 3.8) is 0 Å². The molecule has 0 atom stereocenters. The molecule has 3 aromatic carbocycles. The number of ether oxygens (including phenoxy) is 2. The Morgan fingerprint density at radius 3 is 2.12 bits per heavy atom. The molecule has 1 amide bonds. The first-order chi connectivity index (χ1) is 16.0. The van der Waals surface area contributed by atoms with Gasteiger partial charge in [-0.1, -0.05) is 0 Å². The van der Waals surface area contributed by atoms with E-state index in [1.165, 1.54) is 37.4 Å². The number of anilines is 2. The van der Waals surface area contributed by atoms with Gasteiger partial charge in [-0.3, -0.25) is 9.52 Å². The van der Waals surface area contributed by atoms with E-state index in [1.54, 1.807) is 12.1 Å². The molecule has 0 radical (unpaired) electrons. The highest BCUT2D eigenvalue weighted by molar-refractivity contribution is 7.92. The number of amides is 1. The standard InChI is InChI=1S/C23H21F3N2O5S/c1-3-33-19-11-8-17(9-12-19)28-34(30,31)21-14-18(10-13-20(21)32-2)27-22(29)15-4-6-16(7-5-15)23(24,25)26/h4-14,28H,3H2,1-2H3,(H,27,29). The van der Waals surface area contributed by atoms with E-state index in [2.05, 4.69) is 10.0 Å². The van der Waals surface area contributed by atoms with Crippen LogP contribution in [0.25, 0.3) is 0 Å². The minimum absolute atomic E-state index is 0.0271. The van der Waals surface area contributed by atoms with Crippen LogP contribution in [0.5, 0.6) is 11.5 Å². The predicted molar refractivity (Wildman–Crippen MR) is 121 cm³/mol. The van der Waals surface area contributed by atoms with Crippen molar-refractivity contribution in [2.75, 3.05) is 23.8 Å². The molecule has 0 saturated heterocycles. The van der Waals surface area contributed by atoms with Crippen molar-refractivity contribution in [3.8, 4) is 11.5 Å². The van der Waals surface area contributed by atoms with Crippen molar-refractivity contribution in [2.45, 2.75) is 18.0 Å². The van der Waals surface area contributed by atoms with Crippen molar-refractivity contribution in [2.24, 2.45) is 0 Å². The molecule has 0 unspecified atom stereocenters. The van der Waals surface area contributed by atoms with E-state index < -0.39 is 27.7 Å². The average molecular weight is 494 g/mol. The molecule has 0 aliphatic carbocycles. The van der Waals surface area contributed by atoms with Gasteiger partial charge in [0, 0.05) is 16.9 Å². The average Bonchev–Trinajstić information content (AvgIpc) is 2.80. The molecule has 0 aromatic heterocycles. The van der Waals surface area contributed by atoms with Gasteiger partial charge >= 0.3 is 6.18 Å². The zero-order valence-corrected chi connectivity index (χ0v) is 19.0. The lowest BCUT2D eigenvalue weighted by Gasteiger charge is -2.14. The minimum Gasteiger partial charge on any atom is -0.495 e. The molecule has 0 heterocycles. The molecule has 3 rings (SSSR count). The van der Waals surface area contributed by atoms with Gasteiger partial charge in [0.1, 0.15) is 16.4 Å². The molecule has 180 valence electrons. The Balaban J connectivity index is 1.82.